The van der Waals surface area contributed by atoms with Gasteiger partial charge in [0, 0.05) is 18.4 Å². The molecule has 0 aliphatic rings. The molecule has 1 rings (SSSR count). The van der Waals surface area contributed by atoms with Crippen LogP contribution in [0.15, 0.2) is 12.3 Å². The number of aliphatic hydroxyl groups is 1. The summed E-state index contributed by atoms with van der Waals surface area (Å²) >= 11 is 5.95. The molecule has 1 aromatic rings. The van der Waals surface area contributed by atoms with Crippen molar-refractivity contribution in [3.05, 3.63) is 28.5 Å². The van der Waals surface area contributed by atoms with E-state index in [-0.39, 0.29) is 12.0 Å². The van der Waals surface area contributed by atoms with E-state index in [4.69, 9.17) is 16.7 Å². The van der Waals surface area contributed by atoms with E-state index in [9.17, 15) is 4.79 Å². The van der Waals surface area contributed by atoms with E-state index in [1.54, 1.807) is 13.0 Å². The highest BCUT2D eigenvalue weighted by Crippen LogP contribution is 2.15. The van der Waals surface area contributed by atoms with Crippen molar-refractivity contribution < 1.29 is 9.90 Å². The molecule has 0 radical (unpaired) electrons. The van der Waals surface area contributed by atoms with E-state index < -0.39 is 0 Å². The number of nitrogens with zero attached hydrogens (tertiary/aromatic N) is 1. The molecule has 0 saturated heterocycles. The zero-order chi connectivity index (χ0) is 12.8. The number of carbonyl (C=O) groups excluding carboxylic acids is 1. The number of nitrogens with one attached hydrogen (secondary N) is 1. The molecule has 94 valence electrons. The number of amides is 1. The molecule has 0 aromatic carbocycles. The quantitative estimate of drug-likeness (QED) is 0.792. The molecule has 1 unspecified atom stereocenters. The first-order chi connectivity index (χ1) is 8.00. The summed E-state index contributed by atoms with van der Waals surface area (Å²) in [4.78, 5) is 15.8. The number of rotatable bonds is 5. The van der Waals surface area contributed by atoms with Gasteiger partial charge in [0.15, 0.2) is 0 Å². The topological polar surface area (TPSA) is 62.2 Å². The van der Waals surface area contributed by atoms with Gasteiger partial charge in [-0.15, -0.1) is 0 Å². The minimum atomic E-state index is -0.337. The van der Waals surface area contributed by atoms with Gasteiger partial charge in [-0.1, -0.05) is 11.6 Å². The van der Waals surface area contributed by atoms with E-state index >= 15 is 0 Å². The summed E-state index contributed by atoms with van der Waals surface area (Å²) in [7, 11) is 0. The van der Waals surface area contributed by atoms with Crippen molar-refractivity contribution >= 4 is 17.5 Å². The molecule has 1 aromatic heterocycles. The van der Waals surface area contributed by atoms with Crippen LogP contribution in [0.1, 0.15) is 35.8 Å². The van der Waals surface area contributed by atoms with Crippen molar-refractivity contribution in [1.29, 1.82) is 0 Å². The third kappa shape index (κ3) is 4.71. The zero-order valence-electron chi connectivity index (χ0n) is 10.0. The van der Waals surface area contributed by atoms with Crippen LogP contribution in [0.4, 0.5) is 0 Å². The Morgan fingerprint density at radius 2 is 2.35 bits per heavy atom. The third-order valence-corrected chi connectivity index (χ3v) is 2.63. The van der Waals surface area contributed by atoms with Crippen LogP contribution in [-0.4, -0.2) is 28.6 Å². The maximum Gasteiger partial charge on any atom is 0.254 e. The Kier molecular flexibility index (Phi) is 5.38. The maximum atomic E-state index is 11.7. The van der Waals surface area contributed by atoms with Gasteiger partial charge in [-0.2, -0.15) is 0 Å². The minimum Gasteiger partial charge on any atom is -0.393 e. The number of carbonyl (C=O) groups is 1. The van der Waals surface area contributed by atoms with Crippen LogP contribution in [0.3, 0.4) is 0 Å². The SMILES string of the molecule is Cc1cc(Cl)c(C(=O)NCCCC(C)O)cn1. The van der Waals surface area contributed by atoms with Crippen LogP contribution < -0.4 is 5.32 Å². The highest BCUT2D eigenvalue weighted by molar-refractivity contribution is 6.33. The van der Waals surface area contributed by atoms with Gasteiger partial charge in [-0.25, -0.2) is 0 Å². The first-order valence-electron chi connectivity index (χ1n) is 5.59. The molecule has 1 amide bonds. The van der Waals surface area contributed by atoms with Crippen LogP contribution in [0, 0.1) is 6.92 Å². The van der Waals surface area contributed by atoms with Gasteiger partial charge in [0.2, 0.25) is 0 Å². The van der Waals surface area contributed by atoms with Gasteiger partial charge in [-0.05, 0) is 32.8 Å². The molecule has 1 heterocycles. The lowest BCUT2D eigenvalue weighted by molar-refractivity contribution is 0.0949. The average Bonchev–Trinajstić information content (AvgIpc) is 2.23. The van der Waals surface area contributed by atoms with E-state index in [1.807, 2.05) is 6.92 Å². The fourth-order valence-corrected chi connectivity index (χ4v) is 1.68. The Bertz CT molecular complexity index is 394. The molecule has 5 heteroatoms. The number of aryl methyl sites for hydroxylation is 1. The van der Waals surface area contributed by atoms with Crippen LogP contribution >= 0.6 is 11.6 Å². The molecular weight excluding hydrogens is 240 g/mol. The molecule has 0 fully saturated rings. The monoisotopic (exact) mass is 256 g/mol. The number of halogens is 1. The number of aliphatic hydroxyl groups excluding tert-OH is 1. The summed E-state index contributed by atoms with van der Waals surface area (Å²) in [6.07, 6.45) is 2.54. The Labute approximate surface area is 106 Å². The maximum absolute atomic E-state index is 11.7. The van der Waals surface area contributed by atoms with E-state index in [2.05, 4.69) is 10.3 Å². The van der Waals surface area contributed by atoms with Crippen LogP contribution in [0.5, 0.6) is 0 Å². The fourth-order valence-electron chi connectivity index (χ4n) is 1.39. The molecule has 17 heavy (non-hydrogen) atoms. The lowest BCUT2D eigenvalue weighted by atomic mass is 10.2. The molecule has 0 aliphatic heterocycles. The van der Waals surface area contributed by atoms with Crippen molar-refractivity contribution in [1.82, 2.24) is 10.3 Å². The van der Waals surface area contributed by atoms with Gasteiger partial charge < -0.3 is 10.4 Å². The average molecular weight is 257 g/mol. The normalized spacial score (nSPS) is 12.2. The predicted molar refractivity (Wildman–Crippen MR) is 67.2 cm³/mol. The van der Waals surface area contributed by atoms with E-state index in [0.29, 0.717) is 23.6 Å². The smallest absolute Gasteiger partial charge is 0.254 e. The number of hydrogen-bond donors (Lipinski definition) is 2. The fraction of sp³-hybridized carbons (Fsp3) is 0.500. The highest BCUT2D eigenvalue weighted by atomic mass is 35.5. The Balaban J connectivity index is 2.47. The van der Waals surface area contributed by atoms with Gasteiger partial charge in [-0.3, -0.25) is 9.78 Å². The summed E-state index contributed by atoms with van der Waals surface area (Å²) in [6, 6.07) is 1.66. The van der Waals surface area contributed by atoms with Gasteiger partial charge in [0.05, 0.1) is 16.7 Å². The number of hydrogen-bond acceptors (Lipinski definition) is 3. The van der Waals surface area contributed by atoms with Crippen LogP contribution in [-0.2, 0) is 0 Å². The predicted octanol–water partition coefficient (Wildman–Crippen LogP) is 1.93. The lowest BCUT2D eigenvalue weighted by Gasteiger charge is -2.07. The molecule has 0 bridgehead atoms. The standard InChI is InChI=1S/C12H17ClN2O2/c1-8-6-11(13)10(7-15-8)12(17)14-5-3-4-9(2)16/h6-7,9,16H,3-5H2,1-2H3,(H,14,17). The molecule has 1 atom stereocenters. The van der Waals surface area contributed by atoms with Crippen molar-refractivity contribution in [2.75, 3.05) is 6.54 Å². The Hall–Kier alpha value is -1.13. The number of pyridine rings is 1. The van der Waals surface area contributed by atoms with Gasteiger partial charge >= 0.3 is 0 Å². The molecule has 2 N–H and O–H groups in total. The van der Waals surface area contributed by atoms with E-state index in [1.165, 1.54) is 6.20 Å². The summed E-state index contributed by atoms with van der Waals surface area (Å²) in [5.74, 6) is -0.229. The van der Waals surface area contributed by atoms with Gasteiger partial charge in [0.1, 0.15) is 0 Å². The Morgan fingerprint density at radius 1 is 1.65 bits per heavy atom. The first kappa shape index (κ1) is 13.9. The molecule has 0 aliphatic carbocycles. The Morgan fingerprint density at radius 3 is 2.94 bits per heavy atom. The zero-order valence-corrected chi connectivity index (χ0v) is 10.8. The van der Waals surface area contributed by atoms with Crippen molar-refractivity contribution in [3.63, 3.8) is 0 Å². The number of aromatic nitrogens is 1. The summed E-state index contributed by atoms with van der Waals surface area (Å²) in [5.41, 5.74) is 1.16. The summed E-state index contributed by atoms with van der Waals surface area (Å²) < 4.78 is 0. The summed E-state index contributed by atoms with van der Waals surface area (Å²) in [6.45, 7) is 4.06. The molecule has 4 nitrogen and oxygen atoms in total. The van der Waals surface area contributed by atoms with Crippen molar-refractivity contribution in [2.24, 2.45) is 0 Å². The second-order valence-electron chi connectivity index (χ2n) is 4.05. The van der Waals surface area contributed by atoms with Crippen LogP contribution in [0.2, 0.25) is 5.02 Å². The first-order valence-corrected chi connectivity index (χ1v) is 5.97. The van der Waals surface area contributed by atoms with Crippen molar-refractivity contribution in [3.8, 4) is 0 Å². The minimum absolute atomic E-state index is 0.229. The second kappa shape index (κ2) is 6.57. The third-order valence-electron chi connectivity index (χ3n) is 2.32. The summed E-state index contributed by atoms with van der Waals surface area (Å²) in [5, 5.41) is 12.2. The molecule has 0 spiro atoms. The molecule has 0 saturated carbocycles. The van der Waals surface area contributed by atoms with Crippen LogP contribution in [0.25, 0.3) is 0 Å². The molecular formula is C12H17ClN2O2. The van der Waals surface area contributed by atoms with Gasteiger partial charge in [0.25, 0.3) is 5.91 Å². The lowest BCUT2D eigenvalue weighted by Crippen LogP contribution is -2.25. The highest BCUT2D eigenvalue weighted by Gasteiger charge is 2.10. The van der Waals surface area contributed by atoms with E-state index in [0.717, 1.165) is 12.1 Å². The second-order valence-corrected chi connectivity index (χ2v) is 4.46. The van der Waals surface area contributed by atoms with Crippen molar-refractivity contribution in [2.45, 2.75) is 32.8 Å². The largest absolute Gasteiger partial charge is 0.393 e.